The van der Waals surface area contributed by atoms with Gasteiger partial charge in [-0.05, 0) is 25.1 Å². The summed E-state index contributed by atoms with van der Waals surface area (Å²) < 4.78 is 39.2. The Morgan fingerprint density at radius 2 is 1.96 bits per heavy atom. The van der Waals surface area contributed by atoms with E-state index in [1.54, 1.807) is 6.92 Å². The molecule has 2 N–H and O–H groups in total. The van der Waals surface area contributed by atoms with Crippen molar-refractivity contribution < 1.29 is 86.7 Å². The summed E-state index contributed by atoms with van der Waals surface area (Å²) in [4.78, 5) is -0.175. The number of hydrogen-bond donors (Lipinski definition) is 1. The van der Waals surface area contributed by atoms with Gasteiger partial charge in [-0.2, -0.15) is 9.43 Å². The van der Waals surface area contributed by atoms with Crippen molar-refractivity contribution in [2.24, 2.45) is 0 Å². The maximum absolute atomic E-state index is 11.3. The minimum Gasteiger partial charge on any atom is -0.744 e. The van der Waals surface area contributed by atoms with Gasteiger partial charge in [-0.25, -0.2) is 13.1 Å². The summed E-state index contributed by atoms with van der Waals surface area (Å²) in [6.45, 7) is 1.66. The molecule has 0 radical (unpaired) electrons. The molecular formula is C10H9N3Na2O6S2. The largest absolute Gasteiger partial charge is 1.00 e. The van der Waals surface area contributed by atoms with Gasteiger partial charge in [0.25, 0.3) is 0 Å². The van der Waals surface area contributed by atoms with E-state index in [4.69, 9.17) is 5.73 Å². The number of hydrogen-bond acceptors (Lipinski definition) is 9. The first-order chi connectivity index (χ1) is 9.82. The van der Waals surface area contributed by atoms with Crippen molar-refractivity contribution in [2.75, 3.05) is 5.73 Å². The molecule has 13 heteroatoms. The summed E-state index contributed by atoms with van der Waals surface area (Å²) in [6, 6.07) is 5.16. The zero-order chi connectivity index (χ0) is 15.6. The van der Waals surface area contributed by atoms with Crippen LogP contribution in [0.5, 0.6) is 0 Å². The molecule has 114 valence electrons. The summed E-state index contributed by atoms with van der Waals surface area (Å²) >= 11 is 0.548. The van der Waals surface area contributed by atoms with Gasteiger partial charge in [0.1, 0.15) is 15.9 Å². The quantitative estimate of drug-likeness (QED) is 0.177. The van der Waals surface area contributed by atoms with Gasteiger partial charge >= 0.3 is 59.1 Å². The van der Waals surface area contributed by atoms with Crippen molar-refractivity contribution in [3.05, 3.63) is 30.0 Å². The van der Waals surface area contributed by atoms with Gasteiger partial charge in [-0.1, -0.05) is 0 Å². The molecule has 23 heavy (non-hydrogen) atoms. The number of benzene rings is 1. The molecule has 2 aromatic rings. The van der Waals surface area contributed by atoms with Gasteiger partial charge in [-0.3, -0.25) is 5.04 Å². The second-order valence-corrected chi connectivity index (χ2v) is 6.05. The SMILES string of the molecule is Cc1cc(N)n(-c2cc(SOO[O-])ccc2S(=O)(=O)[O-])n1.[Na+].[Na+]. The van der Waals surface area contributed by atoms with E-state index in [2.05, 4.69) is 14.5 Å². The van der Waals surface area contributed by atoms with Crippen LogP contribution in [0.15, 0.2) is 34.1 Å². The summed E-state index contributed by atoms with van der Waals surface area (Å²) in [5.41, 5.74) is 6.22. The van der Waals surface area contributed by atoms with Crippen LogP contribution >= 0.6 is 12.0 Å². The molecule has 1 heterocycles. The molecule has 0 unspecified atom stereocenters. The first-order valence-electron chi connectivity index (χ1n) is 5.38. The van der Waals surface area contributed by atoms with E-state index in [0.717, 1.165) is 10.7 Å². The van der Waals surface area contributed by atoms with Crippen LogP contribution in [0.3, 0.4) is 0 Å². The first kappa shape index (κ1) is 23.4. The Kier molecular flexibility index (Phi) is 9.91. The van der Waals surface area contributed by atoms with Crippen molar-refractivity contribution in [1.82, 2.24) is 9.78 Å². The molecule has 0 spiro atoms. The molecule has 9 nitrogen and oxygen atoms in total. The molecule has 0 saturated carbocycles. The standard InChI is InChI=1S/C10H11N3O6S2.2Na/c1-6-4-10(11)13(12-6)8-5-7(20-19-18-14)2-3-9(8)21(15,16)17;;/h2-5,14H,11H2,1H3,(H,15,16,17);;/q;2*+1/p-2. The maximum Gasteiger partial charge on any atom is 1.00 e. The Hall–Kier alpha value is 0.370. The van der Waals surface area contributed by atoms with E-state index in [0.29, 0.717) is 22.6 Å². The minimum absolute atomic E-state index is 0. The first-order valence-corrected chi connectivity index (χ1v) is 7.53. The number of anilines is 1. The van der Waals surface area contributed by atoms with Gasteiger partial charge in [0.15, 0.2) is 0 Å². The molecule has 2 rings (SSSR count). The molecule has 0 bridgehead atoms. The van der Waals surface area contributed by atoms with Gasteiger partial charge in [0, 0.05) is 11.0 Å². The molecule has 0 aliphatic heterocycles. The fraction of sp³-hybridized carbons (Fsp3) is 0.100. The van der Waals surface area contributed by atoms with Gasteiger partial charge in [0.2, 0.25) is 0 Å². The maximum atomic E-state index is 11.3. The van der Waals surface area contributed by atoms with Crippen molar-refractivity contribution in [2.45, 2.75) is 16.7 Å². The second-order valence-electron chi connectivity index (χ2n) is 3.93. The normalized spacial score (nSPS) is 10.7. The monoisotopic (exact) mass is 377 g/mol. The van der Waals surface area contributed by atoms with Crippen LogP contribution in [-0.4, -0.2) is 22.8 Å². The Bertz CT molecular complexity index is 768. The van der Waals surface area contributed by atoms with Crippen LogP contribution < -0.4 is 70.1 Å². The molecule has 0 fully saturated rings. The Morgan fingerprint density at radius 3 is 2.43 bits per heavy atom. The number of aromatic nitrogens is 2. The van der Waals surface area contributed by atoms with E-state index in [-0.39, 0.29) is 70.6 Å². The number of nitrogens with two attached hydrogens (primary N) is 1. The molecule has 1 aromatic carbocycles. The van der Waals surface area contributed by atoms with Crippen LogP contribution in [0.1, 0.15) is 5.69 Å². The summed E-state index contributed by atoms with van der Waals surface area (Å²) in [5, 5.41) is 17.0. The third-order valence-corrected chi connectivity index (χ3v) is 3.90. The van der Waals surface area contributed by atoms with Crippen LogP contribution in [-0.2, 0) is 19.5 Å². The fourth-order valence-corrected chi connectivity index (χ4v) is 2.72. The third-order valence-electron chi connectivity index (χ3n) is 2.45. The average molecular weight is 377 g/mol. The molecule has 0 atom stereocenters. The summed E-state index contributed by atoms with van der Waals surface area (Å²) in [5.74, 6) is 0.153. The van der Waals surface area contributed by atoms with Gasteiger partial charge in [-0.15, -0.1) is 0 Å². The molecule has 1 aromatic heterocycles. The Morgan fingerprint density at radius 1 is 1.30 bits per heavy atom. The molecule has 0 aliphatic carbocycles. The topological polar surface area (TPSA) is 143 Å². The van der Waals surface area contributed by atoms with Crippen LogP contribution in [0.2, 0.25) is 0 Å². The smallest absolute Gasteiger partial charge is 0.744 e. The van der Waals surface area contributed by atoms with Gasteiger partial charge < -0.3 is 15.5 Å². The zero-order valence-electron chi connectivity index (χ0n) is 12.5. The molecule has 0 amide bonds. The van der Waals surface area contributed by atoms with E-state index in [1.165, 1.54) is 18.2 Å². The van der Waals surface area contributed by atoms with Crippen LogP contribution in [0.4, 0.5) is 5.82 Å². The van der Waals surface area contributed by atoms with E-state index in [9.17, 15) is 18.2 Å². The Balaban J connectivity index is 0.00000242. The number of nitrogen functional groups attached to an aromatic ring is 1. The zero-order valence-corrected chi connectivity index (χ0v) is 18.2. The predicted molar refractivity (Wildman–Crippen MR) is 68.7 cm³/mol. The van der Waals surface area contributed by atoms with Crippen LogP contribution in [0.25, 0.3) is 5.69 Å². The van der Waals surface area contributed by atoms with Crippen molar-refractivity contribution in [1.29, 1.82) is 0 Å². The predicted octanol–water partition coefficient (Wildman–Crippen LogP) is -6.09. The number of aryl methyl sites for hydroxylation is 1. The number of rotatable bonds is 5. The summed E-state index contributed by atoms with van der Waals surface area (Å²) in [6.07, 6.45) is 0. The molecule has 0 aliphatic rings. The van der Waals surface area contributed by atoms with Crippen molar-refractivity contribution in [3.8, 4) is 5.69 Å². The second kappa shape index (κ2) is 9.75. The van der Waals surface area contributed by atoms with Gasteiger partial charge in [0.05, 0.1) is 28.3 Å². The van der Waals surface area contributed by atoms with Crippen LogP contribution in [0, 0.1) is 6.92 Å². The summed E-state index contributed by atoms with van der Waals surface area (Å²) in [7, 11) is -4.74. The fourth-order valence-electron chi connectivity index (χ4n) is 1.69. The number of nitrogens with zero attached hydrogens (tertiary/aromatic N) is 2. The Labute approximate surface area is 180 Å². The van der Waals surface area contributed by atoms with E-state index in [1.807, 2.05) is 0 Å². The van der Waals surface area contributed by atoms with Crippen molar-refractivity contribution in [3.63, 3.8) is 0 Å². The van der Waals surface area contributed by atoms with E-state index >= 15 is 0 Å². The third kappa shape index (κ3) is 5.99. The van der Waals surface area contributed by atoms with E-state index < -0.39 is 15.0 Å². The van der Waals surface area contributed by atoms with Crippen molar-refractivity contribution >= 4 is 28.0 Å². The molecular weight excluding hydrogens is 368 g/mol. The minimum atomic E-state index is -4.74. The molecule has 0 saturated heterocycles. The average Bonchev–Trinajstić information content (AvgIpc) is 2.74.